The zero-order valence-electron chi connectivity index (χ0n) is 32.9. The normalized spacial score (nSPS) is 24.0. The maximum Gasteiger partial charge on any atom is 0.412 e. The second-order valence-electron chi connectivity index (χ2n) is 14.7. The Kier molecular flexibility index (Phi) is 14.9. The summed E-state index contributed by atoms with van der Waals surface area (Å²) in [4.78, 5) is 31.6. The highest BCUT2D eigenvalue weighted by Crippen LogP contribution is 2.63. The number of oxime groups is 1. The number of rotatable bonds is 19. The van der Waals surface area contributed by atoms with Crippen LogP contribution in [0.1, 0.15) is 75.8 Å². The van der Waals surface area contributed by atoms with Gasteiger partial charge in [0.2, 0.25) is 11.7 Å². The van der Waals surface area contributed by atoms with E-state index in [-0.39, 0.29) is 54.6 Å². The molecule has 3 aromatic rings. The average molecular weight is 798 g/mol. The minimum Gasteiger partial charge on any atom is -0.460 e. The fourth-order valence-corrected chi connectivity index (χ4v) is 9.81. The molecule has 0 bridgehead atoms. The highest BCUT2D eigenvalue weighted by molar-refractivity contribution is 8.00. The Balaban J connectivity index is 1.53. The van der Waals surface area contributed by atoms with Gasteiger partial charge >= 0.3 is 6.09 Å². The number of amides is 2. The van der Waals surface area contributed by atoms with Gasteiger partial charge in [0, 0.05) is 55.2 Å². The van der Waals surface area contributed by atoms with Gasteiger partial charge < -0.3 is 39.9 Å². The van der Waals surface area contributed by atoms with Crippen molar-refractivity contribution in [2.45, 2.75) is 87.3 Å². The molecule has 3 aromatic carbocycles. The molecule has 11 nitrogen and oxygen atoms in total. The molecular formula is C45H55N3O8S. The SMILES string of the molecule is C=CCO[C@@]12Oc3ccc(OC(=O)NCC)cc3[C@H]3[C@H](CCCCO)[C@@H](CCCCO)C=C(C(=NOCc4ccccc4)C[C@@H]1Sc1ccc(NC(C)=O)cc1)[C@H]32. The predicted molar refractivity (Wildman–Crippen MR) is 222 cm³/mol. The molecule has 2 aliphatic carbocycles. The lowest BCUT2D eigenvalue weighted by Crippen LogP contribution is -2.64. The molecule has 4 N–H and O–H groups in total. The molecule has 0 radical (unpaired) electrons. The number of nitrogens with zero attached hydrogens (tertiary/aromatic N) is 1. The predicted octanol–water partition coefficient (Wildman–Crippen LogP) is 8.38. The van der Waals surface area contributed by atoms with Crippen LogP contribution in [0.5, 0.6) is 11.5 Å². The van der Waals surface area contributed by atoms with E-state index in [1.807, 2.05) is 73.7 Å². The largest absolute Gasteiger partial charge is 0.460 e. The van der Waals surface area contributed by atoms with E-state index in [1.165, 1.54) is 6.92 Å². The molecule has 1 aliphatic heterocycles. The average Bonchev–Trinajstić information content (AvgIpc) is 3.20. The Bertz CT molecular complexity index is 1890. The number of hydrogen-bond acceptors (Lipinski definition) is 10. The molecule has 6 atom stereocenters. The van der Waals surface area contributed by atoms with E-state index in [1.54, 1.807) is 23.9 Å². The number of carbonyl (C=O) groups is 2. The number of thioether (sulfide) groups is 1. The Morgan fingerprint density at radius 1 is 1.02 bits per heavy atom. The highest BCUT2D eigenvalue weighted by atomic mass is 32.2. The number of hydrogen-bond donors (Lipinski definition) is 4. The van der Waals surface area contributed by atoms with Gasteiger partial charge in [-0.2, -0.15) is 0 Å². The Hall–Kier alpha value is -4.62. The third-order valence-electron chi connectivity index (χ3n) is 10.9. The lowest BCUT2D eigenvalue weighted by molar-refractivity contribution is -0.223. The number of aliphatic hydroxyl groups is 2. The summed E-state index contributed by atoms with van der Waals surface area (Å²) >= 11 is 1.63. The first-order valence-corrected chi connectivity index (χ1v) is 20.9. The van der Waals surface area contributed by atoms with E-state index in [0.717, 1.165) is 53.0 Å². The maximum atomic E-state index is 12.7. The molecule has 0 unspecified atom stereocenters. The van der Waals surface area contributed by atoms with Gasteiger partial charge in [0.05, 0.1) is 23.5 Å². The Morgan fingerprint density at radius 3 is 2.47 bits per heavy atom. The second kappa shape index (κ2) is 20.2. The number of carbonyl (C=O) groups excluding carboxylic acids is 2. The molecule has 1 fully saturated rings. The zero-order chi connectivity index (χ0) is 40.2. The molecule has 0 spiro atoms. The van der Waals surface area contributed by atoms with Crippen molar-refractivity contribution in [3.63, 3.8) is 0 Å². The number of aliphatic hydroxyl groups excluding tert-OH is 2. The van der Waals surface area contributed by atoms with E-state index in [0.29, 0.717) is 49.6 Å². The van der Waals surface area contributed by atoms with Gasteiger partial charge in [-0.3, -0.25) is 4.79 Å². The summed E-state index contributed by atoms with van der Waals surface area (Å²) in [7, 11) is 0. The molecule has 6 rings (SSSR count). The van der Waals surface area contributed by atoms with Gasteiger partial charge in [-0.05, 0) is 98.0 Å². The Morgan fingerprint density at radius 2 is 1.77 bits per heavy atom. The van der Waals surface area contributed by atoms with Gasteiger partial charge in [0.15, 0.2) is 0 Å². The molecular weight excluding hydrogens is 743 g/mol. The van der Waals surface area contributed by atoms with Crippen molar-refractivity contribution in [1.29, 1.82) is 0 Å². The van der Waals surface area contributed by atoms with Gasteiger partial charge in [-0.1, -0.05) is 60.5 Å². The highest BCUT2D eigenvalue weighted by Gasteiger charge is 2.64. The van der Waals surface area contributed by atoms with Crippen LogP contribution in [0.3, 0.4) is 0 Å². The summed E-state index contributed by atoms with van der Waals surface area (Å²) in [6.07, 6.45) is 8.71. The van der Waals surface area contributed by atoms with Crippen LogP contribution in [-0.2, 0) is 21.0 Å². The van der Waals surface area contributed by atoms with E-state index >= 15 is 0 Å². The summed E-state index contributed by atoms with van der Waals surface area (Å²) < 4.78 is 20.0. The van der Waals surface area contributed by atoms with Gasteiger partial charge in [-0.25, -0.2) is 4.79 Å². The van der Waals surface area contributed by atoms with E-state index in [4.69, 9.17) is 24.2 Å². The van der Waals surface area contributed by atoms with Crippen LogP contribution in [0.15, 0.2) is 107 Å². The van der Waals surface area contributed by atoms with Crippen molar-refractivity contribution < 1.29 is 38.9 Å². The molecule has 57 heavy (non-hydrogen) atoms. The van der Waals surface area contributed by atoms with E-state index in [2.05, 4.69) is 23.3 Å². The fraction of sp³-hybridized carbons (Fsp3) is 0.444. The number of allylic oxidation sites excluding steroid dienone is 1. The minimum atomic E-state index is -1.19. The van der Waals surface area contributed by atoms with Crippen LogP contribution in [0.2, 0.25) is 0 Å². The number of fused-ring (bicyclic) bond motifs is 2. The van der Waals surface area contributed by atoms with Crippen LogP contribution in [0.4, 0.5) is 10.5 Å². The summed E-state index contributed by atoms with van der Waals surface area (Å²) in [5.74, 6) is -0.608. The maximum absolute atomic E-state index is 12.7. The summed E-state index contributed by atoms with van der Waals surface area (Å²) in [6.45, 7) is 8.52. The summed E-state index contributed by atoms with van der Waals surface area (Å²) in [5.41, 5.74) is 4.44. The minimum absolute atomic E-state index is 0.0882. The van der Waals surface area contributed by atoms with Crippen molar-refractivity contribution >= 4 is 35.2 Å². The third kappa shape index (κ3) is 10.1. The molecule has 12 heteroatoms. The van der Waals surface area contributed by atoms with Crippen LogP contribution in [0, 0.1) is 17.8 Å². The number of ether oxygens (including phenoxy) is 3. The number of anilines is 1. The summed E-state index contributed by atoms with van der Waals surface area (Å²) in [6, 6.07) is 23.2. The smallest absolute Gasteiger partial charge is 0.412 e. The third-order valence-corrected chi connectivity index (χ3v) is 12.2. The molecule has 1 saturated carbocycles. The first kappa shape index (κ1) is 42.0. The molecule has 2 amide bonds. The molecule has 3 aliphatic rings. The monoisotopic (exact) mass is 797 g/mol. The first-order valence-electron chi connectivity index (χ1n) is 20.0. The van der Waals surface area contributed by atoms with Crippen molar-refractivity contribution in [2.75, 3.05) is 31.7 Å². The number of benzene rings is 3. The lowest BCUT2D eigenvalue weighted by Gasteiger charge is -2.58. The van der Waals surface area contributed by atoms with Crippen molar-refractivity contribution in [1.82, 2.24) is 5.32 Å². The lowest BCUT2D eigenvalue weighted by atomic mass is 9.56. The van der Waals surface area contributed by atoms with Gasteiger partial charge in [0.1, 0.15) is 18.1 Å². The van der Waals surface area contributed by atoms with Crippen LogP contribution in [0.25, 0.3) is 0 Å². The fourth-order valence-electron chi connectivity index (χ4n) is 8.52. The molecule has 304 valence electrons. The standard InChI is InChI=1S/C45H55N3O8S/c1-4-25-53-45-41(57-35-20-17-33(18-21-35)47-30(3)51)28-39(48-54-29-31-13-7-6-8-14-31)37-26-32(15-9-11-23-49)36(16-10-12-24-50)42(43(37)45)38-27-34(19-22-40(38)56-45)55-44(52)46-5-2/h4,6-8,13-14,17-22,26-27,32,36,41-43,49-50H,1,5,9-12,15-16,23-25,28-29H2,2-3H3,(H,46,52)(H,47,51)/t32-,36+,41-,42+,43+,45+/m0/s1. The van der Waals surface area contributed by atoms with E-state index < -0.39 is 11.9 Å². The quantitative estimate of drug-likeness (QED) is 0.0534. The van der Waals surface area contributed by atoms with E-state index in [9.17, 15) is 19.8 Å². The zero-order valence-corrected chi connectivity index (χ0v) is 33.7. The Labute approximate surface area is 339 Å². The molecule has 0 saturated heterocycles. The number of unbranched alkanes of at least 4 members (excludes halogenated alkanes) is 2. The molecule has 1 heterocycles. The van der Waals surface area contributed by atoms with Crippen molar-refractivity contribution in [2.24, 2.45) is 22.9 Å². The van der Waals surface area contributed by atoms with Gasteiger partial charge in [-0.15, -0.1) is 18.3 Å². The van der Waals surface area contributed by atoms with Crippen LogP contribution in [-0.4, -0.2) is 65.3 Å². The second-order valence-corrected chi connectivity index (χ2v) is 16.0. The van der Waals surface area contributed by atoms with Crippen LogP contribution >= 0.6 is 11.8 Å². The molecule has 0 aromatic heterocycles. The van der Waals surface area contributed by atoms with Gasteiger partial charge in [0.25, 0.3) is 0 Å². The van der Waals surface area contributed by atoms with Crippen molar-refractivity contribution in [3.8, 4) is 11.5 Å². The summed E-state index contributed by atoms with van der Waals surface area (Å²) in [5, 5.41) is 29.9. The number of nitrogens with one attached hydrogen (secondary N) is 2. The topological polar surface area (TPSA) is 148 Å². The van der Waals surface area contributed by atoms with Crippen LogP contribution < -0.4 is 20.1 Å². The van der Waals surface area contributed by atoms with Crippen molar-refractivity contribution in [3.05, 3.63) is 108 Å². The first-order chi connectivity index (χ1) is 27.8.